The van der Waals surface area contributed by atoms with Crippen LogP contribution in [0.1, 0.15) is 5.82 Å². The van der Waals surface area contributed by atoms with Crippen LogP contribution in [0.3, 0.4) is 0 Å². The number of benzene rings is 1. The molecular formula is C16H19ClN4O3S. The van der Waals surface area contributed by atoms with Gasteiger partial charge < -0.3 is 20.1 Å². The molecule has 2 rings (SSSR count). The summed E-state index contributed by atoms with van der Waals surface area (Å²) < 4.78 is 10.2. The van der Waals surface area contributed by atoms with Crippen LogP contribution in [0.5, 0.6) is 11.8 Å². The van der Waals surface area contributed by atoms with Crippen LogP contribution in [0.25, 0.3) is 0 Å². The Labute approximate surface area is 155 Å². The minimum absolute atomic E-state index is 0.262. The van der Waals surface area contributed by atoms with Gasteiger partial charge in [0.2, 0.25) is 11.8 Å². The lowest BCUT2D eigenvalue weighted by atomic mass is 10.3. The Bertz CT molecular complexity index is 678. The number of carbonyl (C=O) groups excluding carboxylic acids is 1. The fourth-order valence-corrected chi connectivity index (χ4v) is 2.66. The summed E-state index contributed by atoms with van der Waals surface area (Å²) in [6.07, 6.45) is 0. The minimum atomic E-state index is -0.262. The van der Waals surface area contributed by atoms with E-state index in [-0.39, 0.29) is 6.03 Å². The Morgan fingerprint density at radius 1 is 1.16 bits per heavy atom. The number of hydrogen-bond donors (Lipinski definition) is 2. The van der Waals surface area contributed by atoms with Crippen LogP contribution in [-0.2, 0) is 5.75 Å². The number of ether oxygens (including phenoxy) is 2. The van der Waals surface area contributed by atoms with Crippen molar-refractivity contribution in [2.45, 2.75) is 5.75 Å². The van der Waals surface area contributed by atoms with Crippen LogP contribution in [0, 0.1) is 0 Å². The molecule has 2 N–H and O–H groups in total. The summed E-state index contributed by atoms with van der Waals surface area (Å²) in [5.74, 6) is 2.85. The Morgan fingerprint density at radius 2 is 1.80 bits per heavy atom. The van der Waals surface area contributed by atoms with Crippen molar-refractivity contribution in [2.24, 2.45) is 0 Å². The maximum absolute atomic E-state index is 11.8. The second kappa shape index (κ2) is 9.95. The molecule has 25 heavy (non-hydrogen) atoms. The van der Waals surface area contributed by atoms with Crippen molar-refractivity contribution in [3.63, 3.8) is 0 Å². The van der Waals surface area contributed by atoms with Gasteiger partial charge in [-0.3, -0.25) is 0 Å². The number of urea groups is 1. The Balaban J connectivity index is 1.69. The lowest BCUT2D eigenvalue weighted by Crippen LogP contribution is -2.30. The average Bonchev–Trinajstić information content (AvgIpc) is 2.63. The first-order valence-electron chi connectivity index (χ1n) is 7.45. The van der Waals surface area contributed by atoms with Gasteiger partial charge in [-0.1, -0.05) is 11.6 Å². The van der Waals surface area contributed by atoms with Gasteiger partial charge in [-0.2, -0.15) is 21.7 Å². The number of amides is 2. The van der Waals surface area contributed by atoms with Crippen molar-refractivity contribution < 1.29 is 14.3 Å². The lowest BCUT2D eigenvalue weighted by Gasteiger charge is -2.08. The molecule has 0 aliphatic heterocycles. The first kappa shape index (κ1) is 19.1. The SMILES string of the molecule is COc1cc(OC)nc(CSCCNC(=O)Nc2ccc(Cl)cc2)n1. The van der Waals surface area contributed by atoms with Crippen LogP contribution in [0.15, 0.2) is 30.3 Å². The zero-order valence-electron chi connectivity index (χ0n) is 13.9. The van der Waals surface area contributed by atoms with E-state index in [1.54, 1.807) is 56.3 Å². The summed E-state index contributed by atoms with van der Waals surface area (Å²) in [5, 5.41) is 6.14. The van der Waals surface area contributed by atoms with Crippen LogP contribution in [-0.4, -0.2) is 42.5 Å². The number of aromatic nitrogens is 2. The van der Waals surface area contributed by atoms with E-state index in [4.69, 9.17) is 21.1 Å². The number of methoxy groups -OCH3 is 2. The van der Waals surface area contributed by atoms with Gasteiger partial charge in [-0.25, -0.2) is 4.79 Å². The van der Waals surface area contributed by atoms with Gasteiger partial charge in [0.15, 0.2) is 0 Å². The van der Waals surface area contributed by atoms with Crippen molar-refractivity contribution in [1.82, 2.24) is 15.3 Å². The molecule has 0 fully saturated rings. The molecule has 0 atom stereocenters. The van der Waals surface area contributed by atoms with Crippen LogP contribution in [0.4, 0.5) is 10.5 Å². The molecule has 0 unspecified atom stereocenters. The standard InChI is InChI=1S/C16H19ClN4O3S/c1-23-14-9-15(24-2)21-13(20-14)10-25-8-7-18-16(22)19-12-5-3-11(17)4-6-12/h3-6,9H,7-8,10H2,1-2H3,(H2,18,19,22). The molecule has 0 bridgehead atoms. The van der Waals surface area contributed by atoms with E-state index in [1.807, 2.05) is 0 Å². The molecule has 0 spiro atoms. The fourth-order valence-electron chi connectivity index (χ4n) is 1.83. The van der Waals surface area contributed by atoms with Gasteiger partial charge in [0.1, 0.15) is 5.82 Å². The molecule has 1 heterocycles. The van der Waals surface area contributed by atoms with Crippen molar-refractivity contribution in [3.8, 4) is 11.8 Å². The molecule has 7 nitrogen and oxygen atoms in total. The summed E-state index contributed by atoms with van der Waals surface area (Å²) in [6.45, 7) is 0.519. The molecule has 0 saturated heterocycles. The number of rotatable bonds is 8. The monoisotopic (exact) mass is 382 g/mol. The van der Waals surface area contributed by atoms with E-state index in [1.165, 1.54) is 0 Å². The topological polar surface area (TPSA) is 85.4 Å². The van der Waals surface area contributed by atoms with E-state index in [0.29, 0.717) is 40.6 Å². The summed E-state index contributed by atoms with van der Waals surface area (Å²) in [4.78, 5) is 20.3. The van der Waals surface area contributed by atoms with Gasteiger partial charge in [0.25, 0.3) is 0 Å². The third-order valence-corrected chi connectivity index (χ3v) is 4.22. The van der Waals surface area contributed by atoms with Gasteiger partial charge in [0.05, 0.1) is 26.0 Å². The fraction of sp³-hybridized carbons (Fsp3) is 0.312. The highest BCUT2D eigenvalue weighted by molar-refractivity contribution is 7.98. The predicted molar refractivity (Wildman–Crippen MR) is 99.8 cm³/mol. The Kier molecular flexibility index (Phi) is 7.62. The maximum atomic E-state index is 11.8. The summed E-state index contributed by atoms with van der Waals surface area (Å²) >= 11 is 7.40. The number of carbonyl (C=O) groups is 1. The highest BCUT2D eigenvalue weighted by Gasteiger charge is 2.06. The molecule has 0 aliphatic carbocycles. The molecule has 0 aliphatic rings. The largest absolute Gasteiger partial charge is 0.481 e. The Hall–Kier alpha value is -2.19. The predicted octanol–water partition coefficient (Wildman–Crippen LogP) is 3.20. The Morgan fingerprint density at radius 3 is 2.40 bits per heavy atom. The number of nitrogens with zero attached hydrogens (tertiary/aromatic N) is 2. The summed E-state index contributed by atoms with van der Waals surface area (Å²) in [6, 6.07) is 8.28. The van der Waals surface area contributed by atoms with E-state index in [9.17, 15) is 4.79 Å². The summed E-state index contributed by atoms with van der Waals surface area (Å²) in [7, 11) is 3.09. The molecule has 134 valence electrons. The van der Waals surface area contributed by atoms with E-state index < -0.39 is 0 Å². The van der Waals surface area contributed by atoms with Gasteiger partial charge in [-0.05, 0) is 24.3 Å². The van der Waals surface area contributed by atoms with Crippen LogP contribution >= 0.6 is 23.4 Å². The molecule has 1 aromatic carbocycles. The number of thioether (sulfide) groups is 1. The molecule has 9 heteroatoms. The highest BCUT2D eigenvalue weighted by Crippen LogP contribution is 2.18. The second-order valence-corrected chi connectivity index (χ2v) is 6.35. The molecule has 1 aromatic heterocycles. The highest BCUT2D eigenvalue weighted by atomic mass is 35.5. The second-order valence-electron chi connectivity index (χ2n) is 4.81. The number of hydrogen-bond acceptors (Lipinski definition) is 6. The maximum Gasteiger partial charge on any atom is 0.319 e. The van der Waals surface area contributed by atoms with Crippen molar-refractivity contribution in [1.29, 1.82) is 0 Å². The normalized spacial score (nSPS) is 10.2. The third-order valence-electron chi connectivity index (χ3n) is 3.01. The molecule has 0 radical (unpaired) electrons. The lowest BCUT2D eigenvalue weighted by molar-refractivity contribution is 0.252. The zero-order chi connectivity index (χ0) is 18.1. The number of anilines is 1. The van der Waals surface area contributed by atoms with E-state index >= 15 is 0 Å². The van der Waals surface area contributed by atoms with Crippen molar-refractivity contribution in [3.05, 3.63) is 41.2 Å². The smallest absolute Gasteiger partial charge is 0.319 e. The van der Waals surface area contributed by atoms with E-state index in [0.717, 1.165) is 5.75 Å². The van der Waals surface area contributed by atoms with Gasteiger partial charge in [0, 0.05) is 23.0 Å². The summed E-state index contributed by atoms with van der Waals surface area (Å²) in [5.41, 5.74) is 0.687. The third kappa shape index (κ3) is 6.67. The first-order valence-corrected chi connectivity index (χ1v) is 8.98. The molecular weight excluding hydrogens is 364 g/mol. The molecule has 2 aromatic rings. The average molecular weight is 383 g/mol. The first-order chi connectivity index (χ1) is 12.1. The molecule has 0 saturated carbocycles. The van der Waals surface area contributed by atoms with Crippen molar-refractivity contribution >= 4 is 35.1 Å². The number of nitrogens with one attached hydrogen (secondary N) is 2. The van der Waals surface area contributed by atoms with Gasteiger partial charge in [-0.15, -0.1) is 0 Å². The zero-order valence-corrected chi connectivity index (χ0v) is 15.5. The quantitative estimate of drug-likeness (QED) is 0.682. The van der Waals surface area contributed by atoms with Crippen LogP contribution < -0.4 is 20.1 Å². The molecule has 2 amide bonds. The van der Waals surface area contributed by atoms with Gasteiger partial charge >= 0.3 is 6.03 Å². The van der Waals surface area contributed by atoms with E-state index in [2.05, 4.69) is 20.6 Å². The number of halogens is 1. The van der Waals surface area contributed by atoms with Crippen molar-refractivity contribution in [2.75, 3.05) is 31.8 Å². The van der Waals surface area contributed by atoms with Crippen LogP contribution in [0.2, 0.25) is 5.02 Å². The minimum Gasteiger partial charge on any atom is -0.481 e.